The van der Waals surface area contributed by atoms with Crippen LogP contribution in [0.3, 0.4) is 0 Å². The summed E-state index contributed by atoms with van der Waals surface area (Å²) >= 11 is 11.4. The van der Waals surface area contributed by atoms with E-state index in [9.17, 15) is 4.79 Å². The Kier molecular flexibility index (Phi) is 3.74. The third kappa shape index (κ3) is 2.57. The smallest absolute Gasteiger partial charge is 0.375 e. The number of aromatic nitrogens is 2. The monoisotopic (exact) mass is 285 g/mol. The van der Waals surface area contributed by atoms with Crippen molar-refractivity contribution in [3.05, 3.63) is 29.3 Å². The first-order valence-corrected chi connectivity index (χ1v) is 5.81. The van der Waals surface area contributed by atoms with Crippen molar-refractivity contribution < 1.29 is 9.53 Å². The van der Waals surface area contributed by atoms with E-state index in [1.807, 2.05) is 0 Å². The Balaban J connectivity index is 2.36. The van der Waals surface area contributed by atoms with Gasteiger partial charge in [0.15, 0.2) is 0 Å². The number of carbonyl (C=O) groups is 1. The lowest BCUT2D eigenvalue weighted by molar-refractivity contribution is 0.199. The maximum absolute atomic E-state index is 11.0. The van der Waals surface area contributed by atoms with Crippen molar-refractivity contribution >= 4 is 45.4 Å². The number of fused-ring (bicyclic) bond motifs is 1. The van der Waals surface area contributed by atoms with Gasteiger partial charge in [0.25, 0.3) is 0 Å². The number of imidazole rings is 1. The number of nitrogens with one attached hydrogen (secondary N) is 2. The van der Waals surface area contributed by atoms with Crippen molar-refractivity contribution in [2.75, 3.05) is 7.05 Å². The lowest BCUT2D eigenvalue weighted by Gasteiger charge is -1.97. The van der Waals surface area contributed by atoms with E-state index in [1.54, 1.807) is 18.2 Å². The van der Waals surface area contributed by atoms with Crippen LogP contribution in [0.2, 0.25) is 0 Å². The van der Waals surface area contributed by atoms with Gasteiger partial charge in [0.05, 0.1) is 16.1 Å². The van der Waals surface area contributed by atoms with Crippen LogP contribution in [0.4, 0.5) is 4.79 Å². The summed E-state index contributed by atoms with van der Waals surface area (Å²) in [6.45, 7) is 0. The van der Waals surface area contributed by atoms with Gasteiger partial charge in [0, 0.05) is 12.6 Å². The van der Waals surface area contributed by atoms with Gasteiger partial charge in [-0.1, -0.05) is 29.3 Å². The Hall–Kier alpha value is -1.72. The molecule has 0 aliphatic carbocycles. The van der Waals surface area contributed by atoms with E-state index in [1.165, 1.54) is 12.6 Å². The number of halogens is 2. The van der Waals surface area contributed by atoms with E-state index < -0.39 is 6.09 Å². The predicted octanol–water partition coefficient (Wildman–Crippen LogP) is 3.06. The van der Waals surface area contributed by atoms with Crippen LogP contribution in [-0.4, -0.2) is 23.1 Å². The third-order valence-electron chi connectivity index (χ3n) is 2.23. The molecule has 0 radical (unpaired) electrons. The number of ether oxygens (including phenoxy) is 1. The highest BCUT2D eigenvalue weighted by atomic mass is 35.5. The molecule has 0 aliphatic heterocycles. The van der Waals surface area contributed by atoms with E-state index >= 15 is 0 Å². The average Bonchev–Trinajstić information content (AvgIpc) is 2.78. The molecule has 0 saturated carbocycles. The van der Waals surface area contributed by atoms with Crippen molar-refractivity contribution in [3.63, 3.8) is 0 Å². The zero-order valence-electron chi connectivity index (χ0n) is 9.33. The Bertz CT molecular complexity index is 622. The Morgan fingerprint density at radius 2 is 2.33 bits per heavy atom. The quantitative estimate of drug-likeness (QED) is 0.891. The van der Waals surface area contributed by atoms with E-state index in [4.69, 9.17) is 27.9 Å². The molecule has 2 rings (SSSR count). The number of hydrogen-bond donors (Lipinski definition) is 2. The average molecular weight is 286 g/mol. The lowest BCUT2D eigenvalue weighted by atomic mass is 10.2. The SMILES string of the molecule is CNC(=O)Oc1nc2ccc(C(Cl)=CCl)cc2[nH]1. The molecular formula is C11H9Cl2N3O2. The summed E-state index contributed by atoms with van der Waals surface area (Å²) in [5, 5.41) is 2.75. The minimum absolute atomic E-state index is 0.118. The molecule has 0 unspecified atom stereocenters. The fraction of sp³-hybridized carbons (Fsp3) is 0.0909. The minimum Gasteiger partial charge on any atom is -0.375 e. The molecule has 94 valence electrons. The first-order valence-electron chi connectivity index (χ1n) is 4.99. The summed E-state index contributed by atoms with van der Waals surface area (Å²) in [7, 11) is 1.47. The van der Waals surface area contributed by atoms with Gasteiger partial charge in [0.2, 0.25) is 0 Å². The van der Waals surface area contributed by atoms with Gasteiger partial charge in [-0.2, -0.15) is 4.98 Å². The van der Waals surface area contributed by atoms with Gasteiger partial charge in [-0.05, 0) is 17.7 Å². The van der Waals surface area contributed by atoms with Crippen molar-refractivity contribution in [2.45, 2.75) is 0 Å². The summed E-state index contributed by atoms with van der Waals surface area (Å²) in [4.78, 5) is 18.0. The van der Waals surface area contributed by atoms with Crippen molar-refractivity contribution in [1.29, 1.82) is 0 Å². The molecule has 0 atom stereocenters. The summed E-state index contributed by atoms with van der Waals surface area (Å²) < 4.78 is 4.88. The molecule has 0 aliphatic rings. The highest BCUT2D eigenvalue weighted by Gasteiger charge is 2.08. The van der Waals surface area contributed by atoms with Crippen LogP contribution >= 0.6 is 23.2 Å². The molecule has 2 N–H and O–H groups in total. The number of aromatic amines is 1. The zero-order chi connectivity index (χ0) is 13.1. The number of rotatable bonds is 2. The van der Waals surface area contributed by atoms with Gasteiger partial charge in [-0.25, -0.2) is 4.79 Å². The van der Waals surface area contributed by atoms with E-state index in [-0.39, 0.29) is 6.01 Å². The van der Waals surface area contributed by atoms with E-state index in [0.29, 0.717) is 16.1 Å². The van der Waals surface area contributed by atoms with Gasteiger partial charge in [-0.3, -0.25) is 0 Å². The van der Waals surface area contributed by atoms with Gasteiger partial charge in [-0.15, -0.1) is 0 Å². The van der Waals surface area contributed by atoms with Gasteiger partial charge < -0.3 is 15.0 Å². The minimum atomic E-state index is -0.590. The molecular weight excluding hydrogens is 277 g/mol. The topological polar surface area (TPSA) is 67.0 Å². The summed E-state index contributed by atoms with van der Waals surface area (Å²) in [6, 6.07) is 5.40. The largest absolute Gasteiger partial charge is 0.414 e. The maximum Gasteiger partial charge on any atom is 0.414 e. The second kappa shape index (κ2) is 5.29. The van der Waals surface area contributed by atoms with E-state index in [0.717, 1.165) is 5.56 Å². The van der Waals surface area contributed by atoms with E-state index in [2.05, 4.69) is 15.3 Å². The number of amides is 1. The molecule has 1 aromatic heterocycles. The van der Waals surface area contributed by atoms with Crippen molar-refractivity contribution in [2.24, 2.45) is 0 Å². The fourth-order valence-electron chi connectivity index (χ4n) is 1.38. The molecule has 0 saturated heterocycles. The molecule has 1 heterocycles. The van der Waals surface area contributed by atoms with Crippen LogP contribution in [0.5, 0.6) is 6.01 Å². The second-order valence-corrected chi connectivity index (χ2v) is 4.00. The maximum atomic E-state index is 11.0. The third-order valence-corrected chi connectivity index (χ3v) is 2.88. The number of benzene rings is 1. The van der Waals surface area contributed by atoms with Crippen LogP contribution in [0.1, 0.15) is 5.56 Å². The molecule has 2 aromatic rings. The number of H-pyrrole nitrogens is 1. The van der Waals surface area contributed by atoms with Crippen LogP contribution in [0.15, 0.2) is 23.7 Å². The molecule has 0 fully saturated rings. The molecule has 1 aromatic carbocycles. The number of nitrogens with zero attached hydrogens (tertiary/aromatic N) is 1. The number of hydrogen-bond acceptors (Lipinski definition) is 3. The summed E-state index contributed by atoms with van der Waals surface area (Å²) in [6.07, 6.45) is -0.590. The first-order chi connectivity index (χ1) is 8.63. The summed E-state index contributed by atoms with van der Waals surface area (Å²) in [5.74, 6) is 0. The Labute approximate surface area is 113 Å². The van der Waals surface area contributed by atoms with Crippen molar-refractivity contribution in [3.8, 4) is 6.01 Å². The zero-order valence-corrected chi connectivity index (χ0v) is 10.8. The van der Waals surface area contributed by atoms with Crippen LogP contribution in [-0.2, 0) is 0 Å². The highest BCUT2D eigenvalue weighted by Crippen LogP contribution is 2.24. The summed E-state index contributed by atoms with van der Waals surface area (Å²) in [5.41, 5.74) is 3.38. The first kappa shape index (κ1) is 12.7. The molecule has 0 spiro atoms. The Morgan fingerprint density at radius 3 is 3.00 bits per heavy atom. The molecule has 0 bridgehead atoms. The standard InChI is InChI=1S/C11H9Cl2N3O2/c1-14-11(17)18-10-15-8-3-2-6(7(13)5-12)4-9(8)16-10/h2-5H,1H3,(H,14,17)(H,15,16). The van der Waals surface area contributed by atoms with Crippen LogP contribution < -0.4 is 10.1 Å². The lowest BCUT2D eigenvalue weighted by Crippen LogP contribution is -2.22. The predicted molar refractivity (Wildman–Crippen MR) is 70.9 cm³/mol. The van der Waals surface area contributed by atoms with Crippen LogP contribution in [0, 0.1) is 0 Å². The van der Waals surface area contributed by atoms with Crippen LogP contribution in [0.25, 0.3) is 16.1 Å². The molecule has 7 heteroatoms. The molecule has 5 nitrogen and oxygen atoms in total. The van der Waals surface area contributed by atoms with Crippen molar-refractivity contribution in [1.82, 2.24) is 15.3 Å². The fourth-order valence-corrected chi connectivity index (χ4v) is 1.63. The highest BCUT2D eigenvalue weighted by molar-refractivity contribution is 6.53. The van der Waals surface area contributed by atoms with Gasteiger partial charge >= 0.3 is 12.1 Å². The normalized spacial score (nSPS) is 11.6. The number of carbonyl (C=O) groups excluding carboxylic acids is 1. The molecule has 18 heavy (non-hydrogen) atoms. The van der Waals surface area contributed by atoms with Gasteiger partial charge in [0.1, 0.15) is 0 Å². The second-order valence-electron chi connectivity index (χ2n) is 3.37. The molecule has 1 amide bonds. The Morgan fingerprint density at radius 1 is 1.56 bits per heavy atom.